The van der Waals surface area contributed by atoms with Crippen molar-refractivity contribution in [2.45, 2.75) is 31.8 Å². The van der Waals surface area contributed by atoms with Crippen molar-refractivity contribution in [3.8, 4) is 5.75 Å². The highest BCUT2D eigenvalue weighted by molar-refractivity contribution is 5.86. The molecular formula is C29H31N3O3. The smallest absolute Gasteiger partial charge is 0.250 e. The Morgan fingerprint density at radius 3 is 2.63 bits per heavy atom. The van der Waals surface area contributed by atoms with Crippen LogP contribution in [0.5, 0.6) is 5.75 Å². The van der Waals surface area contributed by atoms with E-state index in [1.54, 1.807) is 13.0 Å². The minimum Gasteiger partial charge on any atom is -0.490 e. The average molecular weight is 470 g/mol. The summed E-state index contributed by atoms with van der Waals surface area (Å²) in [6.07, 6.45) is 5.29. The summed E-state index contributed by atoms with van der Waals surface area (Å²) in [6, 6.07) is 23.0. The zero-order chi connectivity index (χ0) is 24.0. The first-order chi connectivity index (χ1) is 17.2. The van der Waals surface area contributed by atoms with E-state index in [4.69, 9.17) is 9.26 Å². The van der Waals surface area contributed by atoms with Crippen LogP contribution in [-0.4, -0.2) is 52.5 Å². The number of fused-ring (bicyclic) bond motifs is 1. The van der Waals surface area contributed by atoms with E-state index in [2.05, 4.69) is 57.5 Å². The fourth-order valence-corrected chi connectivity index (χ4v) is 4.86. The highest BCUT2D eigenvalue weighted by Gasteiger charge is 2.23. The molecular weight excluding hydrogens is 438 g/mol. The molecule has 1 aliphatic rings. The largest absolute Gasteiger partial charge is 0.490 e. The van der Waals surface area contributed by atoms with Crippen LogP contribution in [0.25, 0.3) is 22.9 Å². The van der Waals surface area contributed by atoms with Crippen LogP contribution in [0.2, 0.25) is 0 Å². The molecule has 2 heterocycles. The Morgan fingerprint density at radius 2 is 1.80 bits per heavy atom. The number of nitrogens with zero attached hydrogens (tertiary/aromatic N) is 3. The van der Waals surface area contributed by atoms with Gasteiger partial charge in [-0.2, -0.15) is 4.98 Å². The molecule has 1 saturated heterocycles. The van der Waals surface area contributed by atoms with Gasteiger partial charge in [0.2, 0.25) is 0 Å². The van der Waals surface area contributed by atoms with Crippen LogP contribution < -0.4 is 4.74 Å². The van der Waals surface area contributed by atoms with Gasteiger partial charge in [-0.25, -0.2) is 0 Å². The van der Waals surface area contributed by atoms with Crippen LogP contribution in [0.3, 0.4) is 0 Å². The van der Waals surface area contributed by atoms with Gasteiger partial charge in [-0.3, -0.25) is 0 Å². The molecule has 1 aromatic heterocycles. The number of ether oxygens (including phenoxy) is 1. The van der Waals surface area contributed by atoms with E-state index in [0.29, 0.717) is 29.9 Å². The van der Waals surface area contributed by atoms with Crippen LogP contribution >= 0.6 is 0 Å². The van der Waals surface area contributed by atoms with Crippen molar-refractivity contribution >= 4 is 22.9 Å². The Hall–Kier alpha value is -3.48. The van der Waals surface area contributed by atoms with E-state index in [1.165, 1.54) is 16.3 Å². The number of hydrogen-bond acceptors (Lipinski definition) is 6. The van der Waals surface area contributed by atoms with Crippen LogP contribution in [0.15, 0.2) is 71.3 Å². The standard InChI is InChI=1S/C29H31N3O3/c1-21-30-29(35-31-21)14-13-24-8-3-5-12-28(24)34-20-25(33)19-32-17-15-23(16-18-32)27-11-6-9-22-7-2-4-10-26(22)27/h2-14,23,25,33H,15-20H2,1H3/b14-13+. The average Bonchev–Trinajstić information content (AvgIpc) is 3.32. The quantitative estimate of drug-likeness (QED) is 0.377. The fourth-order valence-electron chi connectivity index (χ4n) is 4.86. The normalized spacial score (nSPS) is 16.2. The molecule has 1 unspecified atom stereocenters. The summed E-state index contributed by atoms with van der Waals surface area (Å²) >= 11 is 0. The molecule has 1 atom stereocenters. The number of aromatic nitrogens is 2. The van der Waals surface area contributed by atoms with Crippen LogP contribution in [0.4, 0.5) is 0 Å². The molecule has 0 bridgehead atoms. The van der Waals surface area contributed by atoms with E-state index in [9.17, 15) is 5.11 Å². The van der Waals surface area contributed by atoms with Crippen molar-refractivity contribution in [2.75, 3.05) is 26.2 Å². The molecule has 0 saturated carbocycles. The van der Waals surface area contributed by atoms with Crippen molar-refractivity contribution in [2.24, 2.45) is 0 Å². The molecule has 5 rings (SSSR count). The van der Waals surface area contributed by atoms with Crippen molar-refractivity contribution in [3.63, 3.8) is 0 Å². The Bertz CT molecular complexity index is 1290. The summed E-state index contributed by atoms with van der Waals surface area (Å²) in [4.78, 5) is 6.53. The predicted octanol–water partition coefficient (Wildman–Crippen LogP) is 5.32. The molecule has 1 N–H and O–H groups in total. The third kappa shape index (κ3) is 5.78. The minimum atomic E-state index is -0.556. The van der Waals surface area contributed by atoms with Crippen molar-refractivity contribution in [3.05, 3.63) is 89.6 Å². The summed E-state index contributed by atoms with van der Waals surface area (Å²) in [6.45, 7) is 4.60. The Labute approximate surface area is 205 Å². The second-order valence-electron chi connectivity index (χ2n) is 9.16. The van der Waals surface area contributed by atoms with Gasteiger partial charge in [0.25, 0.3) is 5.89 Å². The molecule has 1 aliphatic heterocycles. The molecule has 0 radical (unpaired) electrons. The Morgan fingerprint density at radius 1 is 1.03 bits per heavy atom. The van der Waals surface area contributed by atoms with Gasteiger partial charge in [0.05, 0.1) is 0 Å². The Balaban J connectivity index is 1.13. The van der Waals surface area contributed by atoms with E-state index < -0.39 is 6.10 Å². The first-order valence-corrected chi connectivity index (χ1v) is 12.2. The highest BCUT2D eigenvalue weighted by atomic mass is 16.5. The van der Waals surface area contributed by atoms with Crippen LogP contribution in [0, 0.1) is 6.92 Å². The van der Waals surface area contributed by atoms with Gasteiger partial charge in [-0.1, -0.05) is 65.8 Å². The lowest BCUT2D eigenvalue weighted by Gasteiger charge is -2.33. The molecule has 6 nitrogen and oxygen atoms in total. The van der Waals surface area contributed by atoms with E-state index in [1.807, 2.05) is 30.3 Å². The lowest BCUT2D eigenvalue weighted by atomic mass is 9.86. The molecule has 3 aromatic carbocycles. The maximum absolute atomic E-state index is 10.7. The third-order valence-electron chi connectivity index (χ3n) is 6.62. The number of benzene rings is 3. The second kappa shape index (κ2) is 10.8. The van der Waals surface area contributed by atoms with Gasteiger partial charge in [-0.05, 0) is 67.3 Å². The number of likely N-dealkylation sites (tertiary alicyclic amines) is 1. The first-order valence-electron chi connectivity index (χ1n) is 12.2. The molecule has 0 spiro atoms. The fraction of sp³-hybridized carbons (Fsp3) is 0.310. The monoisotopic (exact) mass is 469 g/mol. The number of aliphatic hydroxyl groups excluding tert-OH is 1. The number of aryl methyl sites for hydroxylation is 1. The number of rotatable bonds is 8. The van der Waals surface area contributed by atoms with Crippen molar-refractivity contribution in [1.82, 2.24) is 15.0 Å². The van der Waals surface area contributed by atoms with Crippen LogP contribution in [0.1, 0.15) is 41.6 Å². The number of piperidine rings is 1. The lowest BCUT2D eigenvalue weighted by Crippen LogP contribution is -2.40. The minimum absolute atomic E-state index is 0.244. The first kappa shape index (κ1) is 23.3. The number of aliphatic hydroxyl groups is 1. The van der Waals surface area contributed by atoms with E-state index in [-0.39, 0.29) is 6.61 Å². The van der Waals surface area contributed by atoms with Gasteiger partial charge in [0.1, 0.15) is 18.5 Å². The summed E-state index contributed by atoms with van der Waals surface area (Å²) < 4.78 is 11.1. The SMILES string of the molecule is Cc1noc(/C=C/c2ccccc2OCC(O)CN2CCC(c3cccc4ccccc34)CC2)n1. The van der Waals surface area contributed by atoms with Gasteiger partial charge in [0.15, 0.2) is 5.82 Å². The van der Waals surface area contributed by atoms with Gasteiger partial charge in [0, 0.05) is 18.2 Å². The van der Waals surface area contributed by atoms with Gasteiger partial charge in [-0.15, -0.1) is 0 Å². The summed E-state index contributed by atoms with van der Waals surface area (Å²) in [5, 5.41) is 17.1. The van der Waals surface area contributed by atoms with E-state index >= 15 is 0 Å². The molecule has 35 heavy (non-hydrogen) atoms. The predicted molar refractivity (Wildman–Crippen MR) is 138 cm³/mol. The zero-order valence-electron chi connectivity index (χ0n) is 20.0. The topological polar surface area (TPSA) is 71.6 Å². The molecule has 4 aromatic rings. The summed E-state index contributed by atoms with van der Waals surface area (Å²) in [5.41, 5.74) is 2.35. The Kier molecular flexibility index (Phi) is 7.21. The lowest BCUT2D eigenvalue weighted by molar-refractivity contribution is 0.0594. The van der Waals surface area contributed by atoms with Crippen molar-refractivity contribution < 1.29 is 14.4 Å². The molecule has 0 amide bonds. The number of hydrogen-bond donors (Lipinski definition) is 1. The van der Waals surface area contributed by atoms with Crippen molar-refractivity contribution in [1.29, 1.82) is 0 Å². The third-order valence-corrected chi connectivity index (χ3v) is 6.62. The molecule has 1 fully saturated rings. The molecule has 0 aliphatic carbocycles. The van der Waals surface area contributed by atoms with Gasteiger partial charge >= 0.3 is 0 Å². The number of β-amino-alcohol motifs (C(OH)–C–C–N with tert-alkyl or cyclic N) is 1. The van der Waals surface area contributed by atoms with Gasteiger partial charge < -0.3 is 19.3 Å². The second-order valence-corrected chi connectivity index (χ2v) is 9.16. The van der Waals surface area contributed by atoms with Crippen LogP contribution in [-0.2, 0) is 0 Å². The zero-order valence-corrected chi connectivity index (χ0v) is 20.0. The summed E-state index contributed by atoms with van der Waals surface area (Å²) in [5.74, 6) is 2.32. The number of para-hydroxylation sites is 1. The maximum atomic E-state index is 10.7. The maximum Gasteiger partial charge on any atom is 0.250 e. The molecule has 6 heteroatoms. The highest BCUT2D eigenvalue weighted by Crippen LogP contribution is 2.33. The molecule has 180 valence electrons. The summed E-state index contributed by atoms with van der Waals surface area (Å²) in [7, 11) is 0. The van der Waals surface area contributed by atoms with E-state index in [0.717, 1.165) is 31.5 Å².